The number of aryl methyl sites for hydroxylation is 1. The fraction of sp³-hybridized carbons (Fsp3) is 0.429. The summed E-state index contributed by atoms with van der Waals surface area (Å²) in [6.45, 7) is 2.08. The molecular weight excluding hydrogens is 287 g/mol. The predicted molar refractivity (Wildman–Crippen MR) is 75.7 cm³/mol. The van der Waals surface area contributed by atoms with Gasteiger partial charge in [-0.3, -0.25) is 9.59 Å². The van der Waals surface area contributed by atoms with Crippen LogP contribution in [0.5, 0.6) is 0 Å². The van der Waals surface area contributed by atoms with Gasteiger partial charge in [0.05, 0.1) is 23.1 Å². The van der Waals surface area contributed by atoms with Crippen LogP contribution in [-0.4, -0.2) is 18.4 Å². The lowest BCUT2D eigenvalue weighted by molar-refractivity contribution is -0.144. The Kier molecular flexibility index (Phi) is 6.89. The molecule has 0 N–H and O–H groups in total. The molecule has 1 rings (SSSR count). The van der Waals surface area contributed by atoms with Gasteiger partial charge in [-0.15, -0.1) is 0 Å². The van der Waals surface area contributed by atoms with Crippen LogP contribution in [0.25, 0.3) is 0 Å². The third-order valence-electron chi connectivity index (χ3n) is 2.62. The van der Waals surface area contributed by atoms with Gasteiger partial charge in [0.25, 0.3) is 0 Å². The third-order valence-corrected chi connectivity index (χ3v) is 3.48. The van der Waals surface area contributed by atoms with Crippen molar-refractivity contribution < 1.29 is 14.3 Å². The van der Waals surface area contributed by atoms with E-state index in [1.54, 1.807) is 19.1 Å². The van der Waals surface area contributed by atoms with E-state index in [2.05, 4.69) is 0 Å². The fourth-order valence-corrected chi connectivity index (χ4v) is 2.03. The summed E-state index contributed by atoms with van der Waals surface area (Å²) in [5.74, 6) is -0.319. The molecule has 0 saturated carbocycles. The summed E-state index contributed by atoms with van der Waals surface area (Å²) in [4.78, 5) is 22.7. The first-order chi connectivity index (χ1) is 9.04. The van der Waals surface area contributed by atoms with Crippen molar-refractivity contribution >= 4 is 35.0 Å². The van der Waals surface area contributed by atoms with Crippen LogP contribution >= 0.6 is 23.2 Å². The first-order valence-electron chi connectivity index (χ1n) is 6.14. The molecule has 0 aliphatic rings. The quantitative estimate of drug-likeness (QED) is 0.719. The van der Waals surface area contributed by atoms with E-state index >= 15 is 0 Å². The van der Waals surface area contributed by atoms with Crippen LogP contribution in [-0.2, 0) is 20.7 Å². The summed E-state index contributed by atoms with van der Waals surface area (Å²) in [5.41, 5.74) is 0.846. The smallest absolute Gasteiger partial charge is 0.306 e. The molecule has 0 amide bonds. The molecule has 19 heavy (non-hydrogen) atoms. The van der Waals surface area contributed by atoms with Crippen molar-refractivity contribution in [1.29, 1.82) is 0 Å². The summed E-state index contributed by atoms with van der Waals surface area (Å²) < 4.78 is 4.76. The Morgan fingerprint density at radius 3 is 2.58 bits per heavy atom. The highest BCUT2D eigenvalue weighted by Gasteiger charge is 2.10. The van der Waals surface area contributed by atoms with Crippen LogP contribution in [0.1, 0.15) is 31.7 Å². The van der Waals surface area contributed by atoms with E-state index in [1.807, 2.05) is 6.07 Å². The van der Waals surface area contributed by atoms with Crippen molar-refractivity contribution in [3.05, 3.63) is 33.8 Å². The molecule has 0 aliphatic carbocycles. The Labute approximate surface area is 122 Å². The lowest BCUT2D eigenvalue weighted by Gasteiger charge is -2.05. The van der Waals surface area contributed by atoms with Crippen molar-refractivity contribution in [3.63, 3.8) is 0 Å². The molecule has 0 bridgehead atoms. The zero-order chi connectivity index (χ0) is 14.3. The largest absolute Gasteiger partial charge is 0.466 e. The van der Waals surface area contributed by atoms with Crippen LogP contribution in [0.4, 0.5) is 0 Å². The zero-order valence-corrected chi connectivity index (χ0v) is 12.3. The highest BCUT2D eigenvalue weighted by Crippen LogP contribution is 2.26. The molecule has 1 aromatic carbocycles. The summed E-state index contributed by atoms with van der Waals surface area (Å²) in [6, 6.07) is 5.34. The SMILES string of the molecule is CCOC(=O)CCC(=O)CCc1cccc(Cl)c1Cl. The minimum atomic E-state index is -0.336. The molecule has 1 aromatic rings. The first-order valence-corrected chi connectivity index (χ1v) is 6.90. The van der Waals surface area contributed by atoms with Gasteiger partial charge in [-0.2, -0.15) is 0 Å². The second kappa shape index (κ2) is 8.18. The molecule has 5 heteroatoms. The predicted octanol–water partition coefficient (Wildman–Crippen LogP) is 3.84. The number of Topliss-reactive ketones (excluding diaryl/α,β-unsaturated/α-hetero) is 1. The maximum atomic E-state index is 11.6. The number of halogens is 2. The van der Waals surface area contributed by atoms with Gasteiger partial charge in [-0.1, -0.05) is 35.3 Å². The van der Waals surface area contributed by atoms with Crippen molar-refractivity contribution in [1.82, 2.24) is 0 Å². The minimum Gasteiger partial charge on any atom is -0.466 e. The average molecular weight is 303 g/mol. The van der Waals surface area contributed by atoms with E-state index in [-0.39, 0.29) is 24.6 Å². The van der Waals surface area contributed by atoms with Gasteiger partial charge < -0.3 is 4.74 Å². The molecule has 0 saturated heterocycles. The summed E-state index contributed by atoms with van der Waals surface area (Å²) in [6.07, 6.45) is 1.22. The molecule has 0 radical (unpaired) electrons. The maximum absolute atomic E-state index is 11.6. The standard InChI is InChI=1S/C14H16Cl2O3/c1-2-19-13(18)9-8-11(17)7-6-10-4-3-5-12(15)14(10)16/h3-5H,2,6-9H2,1H3. The van der Waals surface area contributed by atoms with Crippen molar-refractivity contribution in [2.75, 3.05) is 6.61 Å². The van der Waals surface area contributed by atoms with Gasteiger partial charge in [0, 0.05) is 12.8 Å². The molecule has 0 spiro atoms. The van der Waals surface area contributed by atoms with Gasteiger partial charge in [0.1, 0.15) is 5.78 Å². The highest BCUT2D eigenvalue weighted by atomic mass is 35.5. The lowest BCUT2D eigenvalue weighted by Crippen LogP contribution is -2.08. The Hall–Kier alpha value is -1.06. The van der Waals surface area contributed by atoms with E-state index in [1.165, 1.54) is 0 Å². The van der Waals surface area contributed by atoms with Crippen LogP contribution in [0.3, 0.4) is 0 Å². The zero-order valence-electron chi connectivity index (χ0n) is 10.7. The number of rotatable bonds is 7. The number of ether oxygens (including phenoxy) is 1. The number of ketones is 1. The number of hydrogen-bond acceptors (Lipinski definition) is 3. The van der Waals surface area contributed by atoms with Gasteiger partial charge >= 0.3 is 5.97 Å². The first kappa shape index (κ1) is 16.0. The molecule has 0 aliphatic heterocycles. The second-order valence-corrected chi connectivity index (χ2v) is 4.84. The molecule has 0 fully saturated rings. The normalized spacial score (nSPS) is 10.3. The molecule has 0 aromatic heterocycles. The molecular formula is C14H16Cl2O3. The van der Waals surface area contributed by atoms with Gasteiger partial charge in [0.2, 0.25) is 0 Å². The third kappa shape index (κ3) is 5.62. The molecule has 104 valence electrons. The van der Waals surface area contributed by atoms with E-state index in [4.69, 9.17) is 27.9 Å². The highest BCUT2D eigenvalue weighted by molar-refractivity contribution is 6.42. The Morgan fingerprint density at radius 1 is 1.16 bits per heavy atom. The second-order valence-electron chi connectivity index (χ2n) is 4.06. The number of carbonyl (C=O) groups excluding carboxylic acids is 2. The topological polar surface area (TPSA) is 43.4 Å². The van der Waals surface area contributed by atoms with E-state index < -0.39 is 0 Å². The summed E-state index contributed by atoms with van der Waals surface area (Å²) in [7, 11) is 0. The van der Waals surface area contributed by atoms with Crippen LogP contribution in [0.2, 0.25) is 10.0 Å². The summed E-state index contributed by atoms with van der Waals surface area (Å²) in [5, 5.41) is 0.973. The number of carbonyl (C=O) groups is 2. The van der Waals surface area contributed by atoms with E-state index in [0.717, 1.165) is 5.56 Å². The van der Waals surface area contributed by atoms with Gasteiger partial charge in [0.15, 0.2) is 0 Å². The molecule has 3 nitrogen and oxygen atoms in total. The number of esters is 1. The minimum absolute atomic E-state index is 0.0177. The van der Waals surface area contributed by atoms with Crippen molar-refractivity contribution in [3.8, 4) is 0 Å². The number of benzene rings is 1. The summed E-state index contributed by atoms with van der Waals surface area (Å²) >= 11 is 11.9. The van der Waals surface area contributed by atoms with Crippen molar-refractivity contribution in [2.45, 2.75) is 32.6 Å². The Morgan fingerprint density at radius 2 is 1.89 bits per heavy atom. The Bertz CT molecular complexity index is 458. The van der Waals surface area contributed by atoms with Crippen LogP contribution < -0.4 is 0 Å². The van der Waals surface area contributed by atoms with Crippen molar-refractivity contribution in [2.24, 2.45) is 0 Å². The molecule has 0 atom stereocenters. The number of hydrogen-bond donors (Lipinski definition) is 0. The fourth-order valence-electron chi connectivity index (χ4n) is 1.62. The Balaban J connectivity index is 2.38. The maximum Gasteiger partial charge on any atom is 0.306 e. The lowest BCUT2D eigenvalue weighted by atomic mass is 10.1. The average Bonchev–Trinajstić information content (AvgIpc) is 2.38. The van der Waals surface area contributed by atoms with E-state index in [0.29, 0.717) is 29.5 Å². The van der Waals surface area contributed by atoms with Gasteiger partial charge in [-0.25, -0.2) is 0 Å². The van der Waals surface area contributed by atoms with Gasteiger partial charge in [-0.05, 0) is 25.0 Å². The van der Waals surface area contributed by atoms with Crippen LogP contribution in [0, 0.1) is 0 Å². The van der Waals surface area contributed by atoms with Crippen LogP contribution in [0.15, 0.2) is 18.2 Å². The molecule has 0 heterocycles. The van der Waals surface area contributed by atoms with E-state index in [9.17, 15) is 9.59 Å². The monoisotopic (exact) mass is 302 g/mol. The molecule has 0 unspecified atom stereocenters.